The summed E-state index contributed by atoms with van der Waals surface area (Å²) in [4.78, 5) is 43.5. The van der Waals surface area contributed by atoms with E-state index >= 15 is 4.39 Å². The number of rotatable bonds is 6. The molecule has 11 nitrogen and oxygen atoms in total. The van der Waals surface area contributed by atoms with Gasteiger partial charge in [0.25, 0.3) is 5.91 Å². The molecule has 0 saturated carbocycles. The molecule has 2 unspecified atom stereocenters. The van der Waals surface area contributed by atoms with Crippen molar-refractivity contribution < 1.29 is 31.9 Å². The zero-order valence-corrected chi connectivity index (χ0v) is 25.3. The molecule has 0 aliphatic carbocycles. The van der Waals surface area contributed by atoms with Crippen molar-refractivity contribution in [1.29, 1.82) is 0 Å². The topological polar surface area (TPSA) is 116 Å². The number of ether oxygens (including phenoxy) is 1. The molecule has 2 aliphatic rings. The number of benzene rings is 1. The minimum absolute atomic E-state index is 0.0629. The van der Waals surface area contributed by atoms with E-state index in [4.69, 9.17) is 4.74 Å². The third kappa shape index (κ3) is 7.14. The fraction of sp³-hybridized carbons (Fsp3) is 0.433. The molecule has 0 spiro atoms. The minimum atomic E-state index is -4.93. The minimum Gasteiger partial charge on any atom is -0.378 e. The van der Waals surface area contributed by atoms with E-state index in [1.165, 1.54) is 24.5 Å². The Labute approximate surface area is 257 Å². The molecular weight excluding hydrogens is 596 g/mol. The van der Waals surface area contributed by atoms with Crippen LogP contribution in [0.1, 0.15) is 36.7 Å². The summed E-state index contributed by atoms with van der Waals surface area (Å²) in [7, 11) is 1.98. The number of nitrogens with zero attached hydrogens (tertiary/aromatic N) is 6. The van der Waals surface area contributed by atoms with Gasteiger partial charge in [0, 0.05) is 74.9 Å². The summed E-state index contributed by atoms with van der Waals surface area (Å²) in [6.07, 6.45) is -1.24. The Morgan fingerprint density at radius 2 is 1.58 bits per heavy atom. The number of piperazine rings is 1. The fourth-order valence-electron chi connectivity index (χ4n) is 5.44. The zero-order chi connectivity index (χ0) is 32.5. The SMILES string of the molecule is CC(=O)Nc1cc(C(F)(F)F)c(C(=O)Nc2cc(-c3cnc(N4CCOCC4)nc3)c(F)cc2N2CC(C)N(C)C(C)C2)cn1. The number of morpholine rings is 1. The first kappa shape index (κ1) is 32.0. The van der Waals surface area contributed by atoms with E-state index in [2.05, 4.69) is 30.5 Å². The molecule has 0 radical (unpaired) electrons. The lowest BCUT2D eigenvalue weighted by Gasteiger charge is -2.44. The number of likely N-dealkylation sites (N-methyl/N-ethyl adjacent to an activating group) is 1. The van der Waals surface area contributed by atoms with E-state index in [9.17, 15) is 22.8 Å². The van der Waals surface area contributed by atoms with Crippen molar-refractivity contribution >= 4 is 35.0 Å². The first-order valence-electron chi connectivity index (χ1n) is 14.4. The number of alkyl halides is 3. The average Bonchev–Trinajstić information content (AvgIpc) is 3.00. The van der Waals surface area contributed by atoms with Gasteiger partial charge >= 0.3 is 6.18 Å². The van der Waals surface area contributed by atoms with Gasteiger partial charge in [0.05, 0.1) is 35.7 Å². The van der Waals surface area contributed by atoms with Gasteiger partial charge < -0.3 is 25.2 Å². The van der Waals surface area contributed by atoms with Crippen LogP contribution < -0.4 is 20.4 Å². The Bertz CT molecular complexity index is 1550. The quantitative estimate of drug-likeness (QED) is 0.386. The van der Waals surface area contributed by atoms with E-state index in [1.54, 1.807) is 0 Å². The summed E-state index contributed by atoms with van der Waals surface area (Å²) in [6.45, 7) is 8.42. The van der Waals surface area contributed by atoms with Gasteiger partial charge in [-0.2, -0.15) is 13.2 Å². The fourth-order valence-corrected chi connectivity index (χ4v) is 5.44. The van der Waals surface area contributed by atoms with Crippen molar-refractivity contribution in [2.24, 2.45) is 0 Å². The van der Waals surface area contributed by atoms with Gasteiger partial charge in [0.2, 0.25) is 11.9 Å². The second-order valence-corrected chi connectivity index (χ2v) is 11.2. The van der Waals surface area contributed by atoms with Crippen LogP contribution in [0.5, 0.6) is 0 Å². The average molecular weight is 631 g/mol. The Balaban J connectivity index is 1.54. The van der Waals surface area contributed by atoms with Gasteiger partial charge in [-0.3, -0.25) is 14.5 Å². The Kier molecular flexibility index (Phi) is 9.20. The summed E-state index contributed by atoms with van der Waals surface area (Å²) < 4.78 is 63.3. The molecule has 3 aromatic rings. The molecule has 2 fully saturated rings. The highest BCUT2D eigenvalue weighted by Crippen LogP contribution is 2.38. The maximum absolute atomic E-state index is 15.8. The van der Waals surface area contributed by atoms with Gasteiger partial charge in [-0.25, -0.2) is 19.3 Å². The number of amides is 2. The first-order valence-corrected chi connectivity index (χ1v) is 14.4. The molecular formula is C30H34F4N8O3. The summed E-state index contributed by atoms with van der Waals surface area (Å²) in [5.41, 5.74) is -1.23. The third-order valence-electron chi connectivity index (χ3n) is 8.04. The lowest BCUT2D eigenvalue weighted by atomic mass is 10.0. The second-order valence-electron chi connectivity index (χ2n) is 11.2. The number of carbonyl (C=O) groups excluding carboxylic acids is 2. The van der Waals surface area contributed by atoms with Crippen LogP contribution in [0.3, 0.4) is 0 Å². The number of hydrogen-bond acceptors (Lipinski definition) is 9. The largest absolute Gasteiger partial charge is 0.417 e. The van der Waals surface area contributed by atoms with Gasteiger partial charge in [0.15, 0.2) is 0 Å². The molecule has 45 heavy (non-hydrogen) atoms. The van der Waals surface area contributed by atoms with Crippen LogP contribution in [0.4, 0.5) is 40.7 Å². The van der Waals surface area contributed by atoms with Gasteiger partial charge in [-0.1, -0.05) is 0 Å². The molecule has 2 N–H and O–H groups in total. The van der Waals surface area contributed by atoms with E-state index in [-0.39, 0.29) is 29.2 Å². The number of hydrogen-bond donors (Lipinski definition) is 2. The van der Waals surface area contributed by atoms with Crippen molar-refractivity contribution in [3.63, 3.8) is 0 Å². The number of aromatic nitrogens is 3. The molecule has 0 bridgehead atoms. The van der Waals surface area contributed by atoms with Gasteiger partial charge in [-0.05, 0) is 39.1 Å². The van der Waals surface area contributed by atoms with Crippen molar-refractivity contribution in [2.75, 3.05) is 66.9 Å². The molecule has 2 atom stereocenters. The highest BCUT2D eigenvalue weighted by atomic mass is 19.4. The van der Waals surface area contributed by atoms with Crippen LogP contribution in [0.25, 0.3) is 11.1 Å². The van der Waals surface area contributed by atoms with E-state index in [0.29, 0.717) is 62.7 Å². The van der Waals surface area contributed by atoms with Crippen LogP contribution >= 0.6 is 0 Å². The number of pyridine rings is 1. The van der Waals surface area contributed by atoms with E-state index in [1.807, 2.05) is 30.7 Å². The number of halogens is 4. The molecule has 5 rings (SSSR count). The van der Waals surface area contributed by atoms with Crippen LogP contribution in [0, 0.1) is 5.82 Å². The lowest BCUT2D eigenvalue weighted by Crippen LogP contribution is -2.55. The highest BCUT2D eigenvalue weighted by molar-refractivity contribution is 6.07. The summed E-state index contributed by atoms with van der Waals surface area (Å²) in [5, 5.41) is 4.79. The number of anilines is 4. The zero-order valence-electron chi connectivity index (χ0n) is 25.3. The Hall–Kier alpha value is -4.37. The molecule has 2 amide bonds. The monoisotopic (exact) mass is 630 g/mol. The van der Waals surface area contributed by atoms with Crippen LogP contribution in [-0.2, 0) is 15.7 Å². The van der Waals surface area contributed by atoms with Crippen molar-refractivity contribution in [3.05, 3.63) is 53.7 Å². The summed E-state index contributed by atoms with van der Waals surface area (Å²) in [5.74, 6) is -2.21. The molecule has 2 saturated heterocycles. The summed E-state index contributed by atoms with van der Waals surface area (Å²) >= 11 is 0. The molecule has 15 heteroatoms. The third-order valence-corrected chi connectivity index (χ3v) is 8.04. The van der Waals surface area contributed by atoms with Crippen molar-refractivity contribution in [1.82, 2.24) is 19.9 Å². The lowest BCUT2D eigenvalue weighted by molar-refractivity contribution is -0.138. The normalized spacial score (nSPS) is 19.4. The molecule has 4 heterocycles. The van der Waals surface area contributed by atoms with Crippen LogP contribution in [-0.4, -0.2) is 90.2 Å². The molecule has 1 aromatic carbocycles. The maximum Gasteiger partial charge on any atom is 0.417 e. The molecule has 2 aliphatic heterocycles. The maximum atomic E-state index is 15.8. The standard InChI is InChI=1S/C30H34F4N8O3/c1-17-15-42(16-18(2)40(17)4)26-11-24(31)21(20-12-36-29(37-13-20)41-5-7-45-8-6-41)9-25(26)39-28(44)22-14-35-27(38-19(3)43)10-23(22)30(32,33)34/h9-14,17-18H,5-8,15-16H2,1-4H3,(H,39,44)(H,35,38,43). The van der Waals surface area contributed by atoms with Crippen LogP contribution in [0.2, 0.25) is 0 Å². The van der Waals surface area contributed by atoms with Gasteiger partial charge in [0.1, 0.15) is 11.6 Å². The van der Waals surface area contributed by atoms with Crippen molar-refractivity contribution in [3.8, 4) is 11.1 Å². The van der Waals surface area contributed by atoms with Crippen molar-refractivity contribution in [2.45, 2.75) is 39.0 Å². The molecule has 240 valence electrons. The number of carbonyl (C=O) groups is 2. The smallest absolute Gasteiger partial charge is 0.378 e. The molecule has 2 aromatic heterocycles. The predicted molar refractivity (Wildman–Crippen MR) is 161 cm³/mol. The first-order chi connectivity index (χ1) is 21.3. The Morgan fingerprint density at radius 1 is 0.933 bits per heavy atom. The second kappa shape index (κ2) is 12.9. The van der Waals surface area contributed by atoms with E-state index in [0.717, 1.165) is 13.1 Å². The Morgan fingerprint density at radius 3 is 2.18 bits per heavy atom. The predicted octanol–water partition coefficient (Wildman–Crippen LogP) is 4.27. The van der Waals surface area contributed by atoms with E-state index < -0.39 is 34.9 Å². The van der Waals surface area contributed by atoms with Gasteiger partial charge in [-0.15, -0.1) is 0 Å². The van der Waals surface area contributed by atoms with Crippen LogP contribution in [0.15, 0.2) is 36.8 Å². The highest BCUT2D eigenvalue weighted by Gasteiger charge is 2.37. The number of nitrogens with one attached hydrogen (secondary N) is 2. The summed E-state index contributed by atoms with van der Waals surface area (Å²) in [6, 6.07) is 3.40.